The summed E-state index contributed by atoms with van der Waals surface area (Å²) in [4.78, 5) is 0. The topological polar surface area (TPSA) is 46.2 Å². The molecule has 3 N–H and O–H groups in total. The fourth-order valence-corrected chi connectivity index (χ4v) is 0. The minimum absolute atomic E-state index is 0.583. The zero-order valence-corrected chi connectivity index (χ0v) is 7.68. The average molecular weight is 139 g/mol. The average Bonchev–Trinajstić information content (AvgIpc) is 1.36. The fourth-order valence-electron chi connectivity index (χ4n) is 0. The van der Waals surface area contributed by atoms with Gasteiger partial charge in [0.05, 0.1) is 5.85 Å². The Labute approximate surface area is 46.6 Å². The van der Waals surface area contributed by atoms with Crippen molar-refractivity contribution >= 4 is 29.3 Å². The first-order chi connectivity index (χ1) is 2.64. The summed E-state index contributed by atoms with van der Waals surface area (Å²) in [6.07, 6.45) is 0. The van der Waals surface area contributed by atoms with Crippen LogP contribution < -0.4 is 5.73 Å². The minimum Gasteiger partial charge on any atom is -0.382 e. The molecule has 0 heterocycles. The number of nitrogens with two attached hydrogens (primary N) is 1. The zero-order valence-electron chi connectivity index (χ0n) is 3.63. The lowest BCUT2D eigenvalue weighted by atomic mass is 11.4. The molecule has 2 unspecified atom stereocenters. The smallest absolute Gasteiger partial charge is 0.128 e. The molecular weight excluding hydrogens is 130 g/mol. The van der Waals surface area contributed by atoms with E-state index in [2.05, 4.69) is 12.1 Å². The number of rotatable bonds is 1. The Morgan fingerprint density at radius 2 is 2.17 bits per heavy atom. The van der Waals surface area contributed by atoms with Crippen LogP contribution in [0.15, 0.2) is 0 Å². The van der Waals surface area contributed by atoms with Crippen molar-refractivity contribution in [2.45, 2.75) is 5.85 Å². The maximum atomic E-state index is 8.43. The summed E-state index contributed by atoms with van der Waals surface area (Å²) in [7, 11) is -0.0957. The highest BCUT2D eigenvalue weighted by Gasteiger charge is 2.01. The highest BCUT2D eigenvalue weighted by atomic mass is 32.3. The minimum atomic E-state index is -1.08. The Morgan fingerprint density at radius 3 is 2.17 bits per heavy atom. The number of hydrogen-bond acceptors (Lipinski definition) is 3. The Hall–Kier alpha value is 0.704. The van der Waals surface area contributed by atoms with E-state index in [-0.39, 0.29) is 0 Å². The van der Waals surface area contributed by atoms with E-state index in [9.17, 15) is 0 Å². The van der Waals surface area contributed by atoms with Gasteiger partial charge in [0.25, 0.3) is 0 Å². The van der Waals surface area contributed by atoms with Crippen LogP contribution in [0.3, 0.4) is 0 Å². The molecule has 0 aromatic carbocycles. The summed E-state index contributed by atoms with van der Waals surface area (Å²) < 4.78 is 0. The molecule has 0 aromatic rings. The summed E-state index contributed by atoms with van der Waals surface area (Å²) >= 11 is 4.02. The van der Waals surface area contributed by atoms with Gasteiger partial charge in [-0.3, -0.25) is 0 Å². The monoisotopic (exact) mass is 139 g/mol. The second kappa shape index (κ2) is 2.81. The first-order valence-corrected chi connectivity index (χ1v) is 9.11. The first-order valence-electron chi connectivity index (χ1n) is 1.76. The van der Waals surface area contributed by atoms with Gasteiger partial charge in [0.2, 0.25) is 0 Å². The third-order valence-corrected chi connectivity index (χ3v) is 4.45. The highest BCUT2D eigenvalue weighted by molar-refractivity contribution is 8.15. The van der Waals surface area contributed by atoms with Crippen LogP contribution in [0.25, 0.3) is 0 Å². The van der Waals surface area contributed by atoms with Gasteiger partial charge in [-0.05, 0) is 0 Å². The second-order valence-electron chi connectivity index (χ2n) is 1.23. The lowest BCUT2D eigenvalue weighted by Crippen LogP contribution is -2.34. The van der Waals surface area contributed by atoms with Gasteiger partial charge in [-0.2, -0.15) is 0 Å². The lowest BCUT2D eigenvalue weighted by molar-refractivity contribution is 0.262. The van der Waals surface area contributed by atoms with Gasteiger partial charge in [-0.1, -0.05) is 0 Å². The number of thiol groups is 1. The normalized spacial score (nSPS) is 20.5. The molecule has 2 atom stereocenters. The van der Waals surface area contributed by atoms with Crippen molar-refractivity contribution in [1.29, 1.82) is 0 Å². The van der Waals surface area contributed by atoms with Crippen molar-refractivity contribution < 1.29 is 5.11 Å². The van der Waals surface area contributed by atoms with Crippen molar-refractivity contribution in [2.75, 3.05) is 0 Å². The molecule has 0 saturated heterocycles. The molecule has 0 fully saturated rings. The van der Waals surface area contributed by atoms with E-state index in [0.717, 1.165) is 9.76 Å². The van der Waals surface area contributed by atoms with Gasteiger partial charge >= 0.3 is 0 Å². The second-order valence-corrected chi connectivity index (χ2v) is 12.5. The van der Waals surface area contributed by atoms with Crippen molar-refractivity contribution in [2.24, 2.45) is 5.73 Å². The molecule has 6 heavy (non-hydrogen) atoms. The zero-order chi connectivity index (χ0) is 5.15. The Bertz CT molecular complexity index is 34.5. The Kier molecular flexibility index (Phi) is 3.14. The van der Waals surface area contributed by atoms with Gasteiger partial charge < -0.3 is 10.8 Å². The largest absolute Gasteiger partial charge is 0.382 e. The summed E-state index contributed by atoms with van der Waals surface area (Å²) in [6, 6.07) is 0. The highest BCUT2D eigenvalue weighted by Crippen LogP contribution is 1.80. The van der Waals surface area contributed by atoms with Crippen LogP contribution >= 0.6 is 12.1 Å². The number of aliphatic hydroxyl groups is 1. The van der Waals surface area contributed by atoms with Gasteiger partial charge in [-0.25, -0.2) is 12.1 Å². The third-order valence-electron chi connectivity index (χ3n) is 0.494. The van der Waals surface area contributed by atoms with Gasteiger partial charge in [0.15, 0.2) is 0 Å². The SMILES string of the molecule is NC(O)[SiH]([SiH3])S. The molecule has 0 saturated carbocycles. The molecule has 0 bridgehead atoms. The summed E-state index contributed by atoms with van der Waals surface area (Å²) in [5, 5.41) is 8.43. The summed E-state index contributed by atoms with van der Waals surface area (Å²) in [5.41, 5.74) is 5.01. The maximum absolute atomic E-state index is 8.43. The quantitative estimate of drug-likeness (QED) is 0.211. The molecule has 0 rings (SSSR count). The molecule has 0 aromatic heterocycles. The molecule has 2 nitrogen and oxygen atoms in total. The van der Waals surface area contributed by atoms with Crippen LogP contribution in [0.5, 0.6) is 0 Å². The molecule has 0 spiro atoms. The molecule has 0 aliphatic carbocycles. The van der Waals surface area contributed by atoms with E-state index in [1.54, 1.807) is 0 Å². The van der Waals surface area contributed by atoms with E-state index in [0.29, 0.717) is 0 Å². The molecule has 38 valence electrons. The van der Waals surface area contributed by atoms with Crippen molar-refractivity contribution in [3.63, 3.8) is 0 Å². The van der Waals surface area contributed by atoms with E-state index >= 15 is 0 Å². The summed E-state index contributed by atoms with van der Waals surface area (Å²) in [6.45, 7) is 0. The summed E-state index contributed by atoms with van der Waals surface area (Å²) in [5.74, 6) is -0.583. The van der Waals surface area contributed by atoms with Crippen LogP contribution in [-0.4, -0.2) is 28.2 Å². The number of hydrogen-bond donors (Lipinski definition) is 3. The predicted molar refractivity (Wildman–Crippen MR) is 36.3 cm³/mol. The van der Waals surface area contributed by atoms with Crippen molar-refractivity contribution in [3.05, 3.63) is 0 Å². The molecule has 0 aliphatic rings. The molecular formula is CH9NOSSi2. The van der Waals surface area contributed by atoms with Gasteiger partial charge in [-0.15, -0.1) is 0 Å². The lowest BCUT2D eigenvalue weighted by Gasteiger charge is -2.01. The first kappa shape index (κ1) is 6.70. The standard InChI is InChI=1S/CH9NOSSi2/c2-1(3)6(4)5/h1,3-4,6H,2H2,5H3. The van der Waals surface area contributed by atoms with Gasteiger partial charge in [0.1, 0.15) is 7.46 Å². The van der Waals surface area contributed by atoms with Crippen LogP contribution in [0.4, 0.5) is 0 Å². The van der Waals surface area contributed by atoms with Crippen LogP contribution in [0, 0.1) is 0 Å². The van der Waals surface area contributed by atoms with Crippen LogP contribution in [0.2, 0.25) is 0 Å². The van der Waals surface area contributed by atoms with E-state index in [1.807, 2.05) is 0 Å². The Morgan fingerprint density at radius 1 is 2.00 bits per heavy atom. The predicted octanol–water partition coefficient (Wildman–Crippen LogP) is -2.68. The van der Waals surface area contributed by atoms with E-state index in [4.69, 9.17) is 10.8 Å². The Balaban J connectivity index is 2.99. The fraction of sp³-hybridized carbons (Fsp3) is 1.00. The molecule has 5 heteroatoms. The van der Waals surface area contributed by atoms with Crippen LogP contribution in [-0.2, 0) is 0 Å². The molecule has 0 amide bonds. The number of aliphatic hydroxyl groups excluding tert-OH is 1. The van der Waals surface area contributed by atoms with E-state index < -0.39 is 13.3 Å². The van der Waals surface area contributed by atoms with Crippen molar-refractivity contribution in [3.8, 4) is 0 Å². The van der Waals surface area contributed by atoms with E-state index in [1.165, 1.54) is 0 Å². The van der Waals surface area contributed by atoms with Crippen LogP contribution in [0.1, 0.15) is 0 Å². The van der Waals surface area contributed by atoms with Gasteiger partial charge in [0, 0.05) is 9.76 Å². The molecule has 0 aliphatic heterocycles. The third kappa shape index (κ3) is 2.92. The maximum Gasteiger partial charge on any atom is 0.128 e. The molecule has 0 radical (unpaired) electrons. The van der Waals surface area contributed by atoms with Crippen molar-refractivity contribution in [1.82, 2.24) is 0 Å².